The first-order chi connectivity index (χ1) is 16.0. The number of fused-ring (bicyclic) bond motifs is 2. The Morgan fingerprint density at radius 2 is 1.38 bits per heavy atom. The first kappa shape index (κ1) is 23.2. The molecule has 0 unspecified atom stereocenters. The van der Waals surface area contributed by atoms with Gasteiger partial charge in [-0.25, -0.2) is 8.42 Å². The number of ketones is 2. The maximum atomic E-state index is 12.9. The van der Waals surface area contributed by atoms with E-state index in [0.717, 1.165) is 18.2 Å². The highest BCUT2D eigenvalue weighted by Gasteiger charge is 2.48. The number of halogens is 3. The number of rotatable bonds is 5. The molecule has 1 amide bonds. The summed E-state index contributed by atoms with van der Waals surface area (Å²) in [7, 11) is -5.69. The number of carbonyl (C=O) groups excluding carboxylic acids is 3. The van der Waals surface area contributed by atoms with Crippen LogP contribution >= 0.6 is 0 Å². The Morgan fingerprint density at radius 1 is 0.824 bits per heavy atom. The number of amides is 1. The van der Waals surface area contributed by atoms with E-state index in [1.807, 2.05) is 0 Å². The summed E-state index contributed by atoms with van der Waals surface area (Å²) in [4.78, 5) is 36.6. The Hall–Kier alpha value is -3.99. The molecule has 3 aromatic carbocycles. The average Bonchev–Trinajstić information content (AvgIpc) is 2.80. The topological polar surface area (TPSA) is 107 Å². The van der Waals surface area contributed by atoms with Gasteiger partial charge in [0.2, 0.25) is 0 Å². The molecule has 174 valence electrons. The van der Waals surface area contributed by atoms with Gasteiger partial charge in [-0.1, -0.05) is 36.4 Å². The number of hydrogen-bond donors (Lipinski definition) is 1. The molecule has 0 aliphatic heterocycles. The molecule has 0 bridgehead atoms. The number of hydrogen-bond acceptors (Lipinski definition) is 6. The van der Waals surface area contributed by atoms with Crippen molar-refractivity contribution in [3.63, 3.8) is 0 Å². The molecule has 0 aromatic heterocycles. The molecule has 0 spiro atoms. The molecule has 0 radical (unpaired) electrons. The third kappa shape index (κ3) is 4.05. The number of ether oxygens (including phenoxy) is 1. The summed E-state index contributed by atoms with van der Waals surface area (Å²) in [5, 5.41) is 2.41. The van der Waals surface area contributed by atoms with E-state index in [1.165, 1.54) is 30.3 Å². The van der Waals surface area contributed by atoms with Gasteiger partial charge < -0.3 is 10.1 Å². The van der Waals surface area contributed by atoms with E-state index in [-0.39, 0.29) is 33.7 Å². The Morgan fingerprint density at radius 3 is 2.03 bits per heavy atom. The van der Waals surface area contributed by atoms with Crippen molar-refractivity contribution in [2.45, 2.75) is 10.4 Å². The van der Waals surface area contributed by atoms with Crippen LogP contribution in [0.2, 0.25) is 0 Å². The van der Waals surface area contributed by atoms with Gasteiger partial charge in [0, 0.05) is 27.9 Å². The molecular formula is C23H14F3NO6S. The van der Waals surface area contributed by atoms with Crippen molar-refractivity contribution < 1.29 is 40.7 Å². The molecule has 0 atom stereocenters. The number of sulfone groups is 1. The summed E-state index contributed by atoms with van der Waals surface area (Å²) in [6.07, 6.45) is 0. The predicted molar refractivity (Wildman–Crippen MR) is 114 cm³/mol. The van der Waals surface area contributed by atoms with Gasteiger partial charge in [0.15, 0.2) is 18.2 Å². The van der Waals surface area contributed by atoms with Gasteiger partial charge in [0.05, 0.1) is 0 Å². The molecule has 7 nitrogen and oxygen atoms in total. The lowest BCUT2D eigenvalue weighted by Crippen LogP contribution is -2.25. The van der Waals surface area contributed by atoms with E-state index in [9.17, 15) is 36.0 Å². The number of para-hydroxylation sites is 1. The molecular weight excluding hydrogens is 475 g/mol. The van der Waals surface area contributed by atoms with Gasteiger partial charge in [-0.15, -0.1) is 0 Å². The van der Waals surface area contributed by atoms with Crippen LogP contribution in [0.5, 0.6) is 5.75 Å². The molecule has 3 aromatic rings. The smallest absolute Gasteiger partial charge is 0.482 e. The van der Waals surface area contributed by atoms with Crippen LogP contribution < -0.4 is 10.1 Å². The summed E-state index contributed by atoms with van der Waals surface area (Å²) in [6, 6.07) is 14.5. The minimum atomic E-state index is -5.69. The van der Waals surface area contributed by atoms with E-state index < -0.39 is 44.3 Å². The van der Waals surface area contributed by atoms with Crippen LogP contribution in [0, 0.1) is 0 Å². The van der Waals surface area contributed by atoms with Crippen molar-refractivity contribution in [1.29, 1.82) is 0 Å². The first-order valence-corrected chi connectivity index (χ1v) is 11.1. The summed E-state index contributed by atoms with van der Waals surface area (Å²) >= 11 is 0. The third-order valence-corrected chi connectivity index (χ3v) is 6.54. The van der Waals surface area contributed by atoms with E-state index in [2.05, 4.69) is 5.32 Å². The van der Waals surface area contributed by atoms with Crippen LogP contribution in [-0.2, 0) is 14.6 Å². The lowest BCUT2D eigenvalue weighted by atomic mass is 9.84. The van der Waals surface area contributed by atoms with Gasteiger partial charge in [-0.2, -0.15) is 13.2 Å². The molecule has 34 heavy (non-hydrogen) atoms. The lowest BCUT2D eigenvalue weighted by Gasteiger charge is -2.18. The van der Waals surface area contributed by atoms with Crippen molar-refractivity contribution in [2.24, 2.45) is 0 Å². The largest absolute Gasteiger partial charge is 0.502 e. The maximum Gasteiger partial charge on any atom is 0.502 e. The van der Waals surface area contributed by atoms with Crippen LogP contribution in [-0.4, -0.2) is 38.0 Å². The summed E-state index contributed by atoms with van der Waals surface area (Å²) < 4.78 is 67.2. The number of carbonyl (C=O) groups is 3. The van der Waals surface area contributed by atoms with Crippen molar-refractivity contribution in [1.82, 2.24) is 0 Å². The first-order valence-electron chi connectivity index (χ1n) is 9.66. The summed E-state index contributed by atoms with van der Waals surface area (Å²) in [5.74, 6) is -2.20. The van der Waals surface area contributed by atoms with Gasteiger partial charge in [-0.3, -0.25) is 14.4 Å². The second-order valence-corrected chi connectivity index (χ2v) is 9.11. The van der Waals surface area contributed by atoms with E-state index in [0.29, 0.717) is 0 Å². The molecule has 0 saturated carbocycles. The highest BCUT2D eigenvalue weighted by molar-refractivity contribution is 7.92. The Bertz CT molecular complexity index is 1450. The van der Waals surface area contributed by atoms with Crippen molar-refractivity contribution in [2.75, 3.05) is 11.9 Å². The molecule has 1 N–H and O–H groups in total. The molecule has 0 heterocycles. The fourth-order valence-electron chi connectivity index (χ4n) is 3.43. The van der Waals surface area contributed by atoms with Crippen LogP contribution in [0.15, 0.2) is 71.6 Å². The molecule has 0 fully saturated rings. The van der Waals surface area contributed by atoms with Crippen LogP contribution in [0.25, 0.3) is 0 Å². The lowest BCUT2D eigenvalue weighted by molar-refractivity contribution is -0.118. The van der Waals surface area contributed by atoms with Gasteiger partial charge in [0.25, 0.3) is 15.7 Å². The average molecular weight is 489 g/mol. The quantitative estimate of drug-likeness (QED) is 0.458. The zero-order chi connectivity index (χ0) is 24.7. The van der Waals surface area contributed by atoms with Crippen LogP contribution in [0.1, 0.15) is 31.8 Å². The third-order valence-electron chi connectivity index (χ3n) is 5.01. The highest BCUT2D eigenvalue weighted by atomic mass is 32.2. The number of benzene rings is 3. The summed E-state index contributed by atoms with van der Waals surface area (Å²) in [6.45, 7) is -0.808. The monoisotopic (exact) mass is 489 g/mol. The Labute approximate surface area is 191 Å². The molecule has 11 heteroatoms. The Kier molecular flexibility index (Phi) is 5.74. The van der Waals surface area contributed by atoms with Crippen molar-refractivity contribution >= 4 is 33.0 Å². The molecule has 1 aliphatic carbocycles. The zero-order valence-corrected chi connectivity index (χ0v) is 17.9. The molecule has 4 rings (SSSR count). The fraction of sp³-hybridized carbons (Fsp3) is 0.0870. The zero-order valence-electron chi connectivity index (χ0n) is 17.0. The van der Waals surface area contributed by atoms with E-state index >= 15 is 0 Å². The minimum absolute atomic E-state index is 0.0871. The number of nitrogens with one attached hydrogen (secondary N) is 1. The number of anilines is 1. The number of alkyl halides is 3. The highest BCUT2D eigenvalue weighted by Crippen LogP contribution is 2.35. The van der Waals surface area contributed by atoms with Gasteiger partial charge in [-0.05, 0) is 30.3 Å². The fourth-order valence-corrected chi connectivity index (χ4v) is 4.33. The van der Waals surface area contributed by atoms with Crippen molar-refractivity contribution in [3.05, 3.63) is 89.0 Å². The standard InChI is InChI=1S/C23H14F3NO6S/c24-23(25,26)34(31,32)19-8-4-3-7-18(19)33-12-20(28)27-13-9-10-16-17(11-13)22(30)15-6-2-1-5-14(15)21(16)29/h1-11H,12H2,(H,27,28). The van der Waals surface area contributed by atoms with E-state index in [1.54, 1.807) is 18.2 Å². The van der Waals surface area contributed by atoms with Crippen molar-refractivity contribution in [3.8, 4) is 5.75 Å². The predicted octanol–water partition coefficient (Wildman–Crippen LogP) is 3.77. The van der Waals surface area contributed by atoms with E-state index in [4.69, 9.17) is 4.74 Å². The second-order valence-electron chi connectivity index (χ2n) is 7.20. The second kappa shape index (κ2) is 8.41. The Balaban J connectivity index is 1.51. The maximum absolute atomic E-state index is 12.9. The van der Waals surface area contributed by atoms with Gasteiger partial charge in [0.1, 0.15) is 10.6 Å². The minimum Gasteiger partial charge on any atom is -0.482 e. The normalized spacial score (nSPS) is 13.1. The van der Waals surface area contributed by atoms with Gasteiger partial charge >= 0.3 is 5.51 Å². The van der Waals surface area contributed by atoms with Crippen LogP contribution in [0.3, 0.4) is 0 Å². The SMILES string of the molecule is O=C(COc1ccccc1S(=O)(=O)C(F)(F)F)Nc1ccc2c(c1)C(=O)c1ccccc1C2=O. The summed E-state index contributed by atoms with van der Waals surface area (Å²) in [5.41, 5.74) is -4.63. The molecule has 0 saturated heterocycles. The molecule has 1 aliphatic rings. The van der Waals surface area contributed by atoms with Crippen LogP contribution in [0.4, 0.5) is 18.9 Å².